The van der Waals surface area contributed by atoms with Gasteiger partial charge in [0.2, 0.25) is 5.75 Å². The molecule has 0 radical (unpaired) electrons. The Hall–Kier alpha value is -4.73. The lowest BCUT2D eigenvalue weighted by Crippen LogP contribution is -2.41. The average Bonchev–Trinajstić information content (AvgIpc) is 2.97. The van der Waals surface area contributed by atoms with Crippen molar-refractivity contribution in [3.05, 3.63) is 66.6 Å². The summed E-state index contributed by atoms with van der Waals surface area (Å²) < 4.78 is 36.7. The molecule has 0 unspecified atom stereocenters. The number of piperidine rings is 1. The Bertz CT molecular complexity index is 1500. The molecular weight excluding hydrogens is 517 g/mol. The molecule has 0 saturated carbocycles. The Morgan fingerprint density at radius 3 is 2.23 bits per heavy atom. The molecule has 0 atom stereocenters. The van der Waals surface area contributed by atoms with Gasteiger partial charge in [-0.25, -0.2) is 14.2 Å². The molecule has 40 heavy (non-hydrogen) atoms. The fraction of sp³-hybridized carbons (Fsp3) is 0.267. The molecule has 1 fully saturated rings. The van der Waals surface area contributed by atoms with Gasteiger partial charge in [0.15, 0.2) is 11.5 Å². The van der Waals surface area contributed by atoms with E-state index in [-0.39, 0.29) is 11.9 Å². The van der Waals surface area contributed by atoms with Gasteiger partial charge in [0.1, 0.15) is 23.5 Å². The first-order chi connectivity index (χ1) is 19.4. The molecule has 3 aromatic carbocycles. The first kappa shape index (κ1) is 26.9. The Balaban J connectivity index is 1.54. The third kappa shape index (κ3) is 5.51. The summed E-state index contributed by atoms with van der Waals surface area (Å²) in [6.45, 7) is 0.818. The third-order valence-corrected chi connectivity index (χ3v) is 6.94. The van der Waals surface area contributed by atoms with Crippen LogP contribution in [0.15, 0.2) is 60.8 Å². The zero-order valence-electron chi connectivity index (χ0n) is 22.4. The zero-order chi connectivity index (χ0) is 28.2. The molecule has 0 aliphatic carbocycles. The minimum Gasteiger partial charge on any atom is -0.493 e. The van der Waals surface area contributed by atoms with Crippen LogP contribution in [0.25, 0.3) is 21.9 Å². The van der Waals surface area contributed by atoms with E-state index in [0.717, 1.165) is 21.9 Å². The van der Waals surface area contributed by atoms with E-state index in [1.54, 1.807) is 51.8 Å². The summed E-state index contributed by atoms with van der Waals surface area (Å²) in [5, 5.41) is 14.3. The Labute approximate surface area is 231 Å². The fourth-order valence-electron chi connectivity index (χ4n) is 4.92. The number of hydrogen-bond donors (Lipinski definition) is 2. The predicted molar refractivity (Wildman–Crippen MR) is 150 cm³/mol. The molecule has 4 aromatic rings. The largest absolute Gasteiger partial charge is 0.493 e. The van der Waals surface area contributed by atoms with Crippen molar-refractivity contribution >= 4 is 28.4 Å². The minimum atomic E-state index is -0.921. The summed E-state index contributed by atoms with van der Waals surface area (Å²) >= 11 is 0. The number of rotatable bonds is 8. The smallest absolute Gasteiger partial charge is 0.407 e. The second-order valence-corrected chi connectivity index (χ2v) is 9.36. The lowest BCUT2D eigenvalue weighted by Gasteiger charge is -2.31. The van der Waals surface area contributed by atoms with Gasteiger partial charge in [0, 0.05) is 60.9 Å². The Morgan fingerprint density at radius 1 is 0.950 bits per heavy atom. The van der Waals surface area contributed by atoms with Gasteiger partial charge in [-0.3, -0.25) is 0 Å². The number of methoxy groups -OCH3 is 3. The third-order valence-electron chi connectivity index (χ3n) is 6.94. The highest BCUT2D eigenvalue weighted by Crippen LogP contribution is 2.42. The number of nitrogens with one attached hydrogen (secondary N) is 1. The maximum atomic E-state index is 13.8. The minimum absolute atomic E-state index is 0.147. The summed E-state index contributed by atoms with van der Waals surface area (Å²) in [6.07, 6.45) is 1.86. The number of hydrogen-bond acceptors (Lipinski definition) is 7. The molecule has 2 N–H and O–H groups in total. The van der Waals surface area contributed by atoms with Crippen LogP contribution < -0.4 is 24.3 Å². The summed E-state index contributed by atoms with van der Waals surface area (Å²) in [5.74, 6) is 2.36. The normalized spacial score (nSPS) is 13.7. The van der Waals surface area contributed by atoms with Gasteiger partial charge >= 0.3 is 6.09 Å². The van der Waals surface area contributed by atoms with E-state index in [9.17, 15) is 14.3 Å². The van der Waals surface area contributed by atoms with Crippen molar-refractivity contribution in [3.63, 3.8) is 0 Å². The van der Waals surface area contributed by atoms with Crippen LogP contribution in [-0.4, -0.2) is 61.6 Å². The molecule has 0 bridgehead atoms. The average molecular weight is 548 g/mol. The van der Waals surface area contributed by atoms with Gasteiger partial charge in [-0.15, -0.1) is 0 Å². The van der Waals surface area contributed by atoms with Crippen molar-refractivity contribution in [2.75, 3.05) is 39.7 Å². The number of carboxylic acid groups (broad SMARTS) is 1. The molecule has 1 saturated heterocycles. The van der Waals surface area contributed by atoms with Crippen LogP contribution in [-0.2, 0) is 0 Å². The summed E-state index contributed by atoms with van der Waals surface area (Å²) in [6, 6.07) is 15.6. The van der Waals surface area contributed by atoms with Gasteiger partial charge in [-0.05, 0) is 41.3 Å². The summed E-state index contributed by atoms with van der Waals surface area (Å²) in [5.41, 5.74) is 2.27. The van der Waals surface area contributed by atoms with Crippen molar-refractivity contribution in [2.45, 2.75) is 18.9 Å². The van der Waals surface area contributed by atoms with Crippen molar-refractivity contribution in [1.82, 2.24) is 9.88 Å². The highest BCUT2D eigenvalue weighted by atomic mass is 19.1. The molecule has 208 valence electrons. The van der Waals surface area contributed by atoms with Gasteiger partial charge in [-0.1, -0.05) is 12.1 Å². The number of halogens is 1. The topological polar surface area (TPSA) is 102 Å². The van der Waals surface area contributed by atoms with E-state index in [1.165, 1.54) is 17.0 Å². The monoisotopic (exact) mass is 547 g/mol. The molecule has 1 aliphatic rings. The summed E-state index contributed by atoms with van der Waals surface area (Å²) in [4.78, 5) is 17.3. The number of pyridine rings is 1. The van der Waals surface area contributed by atoms with Crippen LogP contribution in [0, 0.1) is 5.82 Å². The molecule has 1 amide bonds. The second-order valence-electron chi connectivity index (χ2n) is 9.36. The number of likely N-dealkylation sites (tertiary alicyclic amines) is 1. The molecular formula is C30H30FN3O6. The van der Waals surface area contributed by atoms with E-state index >= 15 is 0 Å². The van der Waals surface area contributed by atoms with Crippen LogP contribution in [0.5, 0.6) is 23.0 Å². The van der Waals surface area contributed by atoms with E-state index in [0.29, 0.717) is 60.4 Å². The number of ether oxygens (including phenoxy) is 4. The van der Waals surface area contributed by atoms with E-state index in [1.807, 2.05) is 18.2 Å². The van der Waals surface area contributed by atoms with E-state index < -0.39 is 6.09 Å². The molecule has 9 nitrogen and oxygen atoms in total. The lowest BCUT2D eigenvalue weighted by molar-refractivity contribution is 0.0898. The highest BCUT2D eigenvalue weighted by Gasteiger charge is 2.25. The van der Waals surface area contributed by atoms with Gasteiger partial charge in [-0.2, -0.15) is 0 Å². The predicted octanol–water partition coefficient (Wildman–Crippen LogP) is 6.33. The van der Waals surface area contributed by atoms with E-state index in [4.69, 9.17) is 18.9 Å². The van der Waals surface area contributed by atoms with Crippen LogP contribution in [0.4, 0.5) is 20.7 Å². The molecule has 2 heterocycles. The number of anilines is 2. The van der Waals surface area contributed by atoms with Crippen LogP contribution in [0.3, 0.4) is 0 Å². The maximum absolute atomic E-state index is 13.8. The second kappa shape index (κ2) is 11.6. The van der Waals surface area contributed by atoms with Crippen molar-refractivity contribution in [2.24, 2.45) is 0 Å². The lowest BCUT2D eigenvalue weighted by atomic mass is 9.97. The number of aromatic nitrogens is 1. The van der Waals surface area contributed by atoms with Crippen LogP contribution in [0.1, 0.15) is 12.8 Å². The van der Waals surface area contributed by atoms with Gasteiger partial charge in [0.25, 0.3) is 0 Å². The standard InChI is InChI=1S/C30H30FN3O6/c1-37-25-14-21(15-26(38-2)29(25)39-3)33-27-16-23-19(17-32-27)6-9-24(28(23)18-4-7-20(31)8-5-18)40-22-10-12-34(13-11-22)30(35)36/h4-9,14-17,22H,10-13H2,1-3H3,(H,32,33)(H,35,36). The van der Waals surface area contributed by atoms with E-state index in [2.05, 4.69) is 10.3 Å². The number of fused-ring (bicyclic) bond motifs is 1. The number of benzene rings is 3. The van der Waals surface area contributed by atoms with Crippen LogP contribution >= 0.6 is 0 Å². The first-order valence-electron chi connectivity index (χ1n) is 12.8. The molecule has 0 spiro atoms. The zero-order valence-corrected chi connectivity index (χ0v) is 22.4. The number of nitrogens with zero attached hydrogens (tertiary/aromatic N) is 2. The van der Waals surface area contributed by atoms with Crippen LogP contribution in [0.2, 0.25) is 0 Å². The number of amides is 1. The first-order valence-corrected chi connectivity index (χ1v) is 12.8. The van der Waals surface area contributed by atoms with Gasteiger partial charge in [0.05, 0.1) is 21.3 Å². The number of carbonyl (C=O) groups is 1. The van der Waals surface area contributed by atoms with Gasteiger partial charge < -0.3 is 34.3 Å². The Morgan fingerprint density at radius 2 is 1.62 bits per heavy atom. The molecule has 1 aliphatic heterocycles. The maximum Gasteiger partial charge on any atom is 0.407 e. The van der Waals surface area contributed by atoms with Crippen molar-refractivity contribution in [1.29, 1.82) is 0 Å². The van der Waals surface area contributed by atoms with Crippen molar-refractivity contribution < 1.29 is 33.2 Å². The SMILES string of the molecule is COc1cc(Nc2cc3c(-c4ccc(F)cc4)c(OC4CCN(C(=O)O)CC4)ccc3cn2)cc(OC)c1OC. The van der Waals surface area contributed by atoms with Crippen molar-refractivity contribution in [3.8, 4) is 34.1 Å². The Kier molecular flexibility index (Phi) is 7.77. The molecule has 5 rings (SSSR count). The quantitative estimate of drug-likeness (QED) is 0.264. The fourth-order valence-corrected chi connectivity index (χ4v) is 4.92. The summed E-state index contributed by atoms with van der Waals surface area (Å²) in [7, 11) is 4.65. The molecule has 1 aromatic heterocycles. The highest BCUT2D eigenvalue weighted by molar-refractivity contribution is 6.00. The molecule has 10 heteroatoms.